The van der Waals surface area contributed by atoms with Gasteiger partial charge in [-0.15, -0.1) is 11.3 Å². The van der Waals surface area contributed by atoms with Crippen molar-refractivity contribution in [3.63, 3.8) is 0 Å². The van der Waals surface area contributed by atoms with E-state index in [-0.39, 0.29) is 0 Å². The van der Waals surface area contributed by atoms with Gasteiger partial charge >= 0.3 is 0 Å². The predicted molar refractivity (Wildman–Crippen MR) is 87.3 cm³/mol. The fourth-order valence-electron chi connectivity index (χ4n) is 2.03. The lowest BCUT2D eigenvalue weighted by Gasteiger charge is -2.06. The number of halogens is 3. The van der Waals surface area contributed by atoms with Gasteiger partial charge in [0.1, 0.15) is 5.15 Å². The van der Waals surface area contributed by atoms with Gasteiger partial charge in [0.05, 0.1) is 15.4 Å². The van der Waals surface area contributed by atoms with Gasteiger partial charge in [-0.2, -0.15) is 0 Å². The number of nitrogens with zero attached hydrogens (tertiary/aromatic N) is 2. The van der Waals surface area contributed by atoms with E-state index in [0.29, 0.717) is 31.9 Å². The molecule has 0 unspecified atom stereocenters. The standard InChI is InChI=1S/C14H9Cl3N2S/c1-2-7-3-4-20-12(7)14-18-11-9(13(17)19-14)5-8(15)6-10(11)16/h3-6H,2H2,1H3. The van der Waals surface area contributed by atoms with E-state index >= 15 is 0 Å². The van der Waals surface area contributed by atoms with Gasteiger partial charge in [0.2, 0.25) is 0 Å². The number of thiophene rings is 1. The third kappa shape index (κ3) is 2.40. The molecule has 2 nitrogen and oxygen atoms in total. The van der Waals surface area contributed by atoms with Crippen LogP contribution >= 0.6 is 46.1 Å². The Hall–Kier alpha value is -0.870. The smallest absolute Gasteiger partial charge is 0.171 e. The van der Waals surface area contributed by atoms with Crippen LogP contribution in [0.3, 0.4) is 0 Å². The van der Waals surface area contributed by atoms with Crippen LogP contribution in [-0.4, -0.2) is 9.97 Å². The molecule has 3 aromatic rings. The van der Waals surface area contributed by atoms with Crippen molar-refractivity contribution in [1.82, 2.24) is 9.97 Å². The zero-order chi connectivity index (χ0) is 14.3. The van der Waals surface area contributed by atoms with E-state index in [0.717, 1.165) is 11.3 Å². The number of hydrogen-bond donors (Lipinski definition) is 0. The monoisotopic (exact) mass is 342 g/mol. The minimum absolute atomic E-state index is 0.366. The van der Waals surface area contributed by atoms with Crippen LogP contribution in [-0.2, 0) is 6.42 Å². The first-order chi connectivity index (χ1) is 9.60. The summed E-state index contributed by atoms with van der Waals surface area (Å²) < 4.78 is 0. The van der Waals surface area contributed by atoms with E-state index < -0.39 is 0 Å². The minimum Gasteiger partial charge on any atom is -0.226 e. The molecule has 0 aliphatic heterocycles. The highest BCUT2D eigenvalue weighted by atomic mass is 35.5. The molecule has 0 saturated heterocycles. The van der Waals surface area contributed by atoms with Gasteiger partial charge in [-0.05, 0) is 35.6 Å². The van der Waals surface area contributed by atoms with Crippen LogP contribution in [0.25, 0.3) is 21.6 Å². The zero-order valence-corrected chi connectivity index (χ0v) is 13.5. The first kappa shape index (κ1) is 14.1. The van der Waals surface area contributed by atoms with Crippen molar-refractivity contribution in [3.05, 3.63) is 44.3 Å². The minimum atomic E-state index is 0.366. The van der Waals surface area contributed by atoms with Crippen molar-refractivity contribution < 1.29 is 0 Å². The van der Waals surface area contributed by atoms with E-state index in [2.05, 4.69) is 23.0 Å². The summed E-state index contributed by atoms with van der Waals surface area (Å²) in [5.41, 5.74) is 1.83. The Labute approximate surface area is 135 Å². The third-order valence-electron chi connectivity index (χ3n) is 3.00. The SMILES string of the molecule is CCc1ccsc1-c1nc(Cl)c2cc(Cl)cc(Cl)c2n1. The molecule has 2 aromatic heterocycles. The van der Waals surface area contributed by atoms with Crippen LogP contribution in [0.2, 0.25) is 15.2 Å². The second kappa shape index (κ2) is 5.49. The van der Waals surface area contributed by atoms with E-state index in [1.165, 1.54) is 5.56 Å². The molecule has 0 aliphatic rings. The van der Waals surface area contributed by atoms with Gasteiger partial charge in [0.25, 0.3) is 0 Å². The van der Waals surface area contributed by atoms with Crippen LogP contribution in [0.4, 0.5) is 0 Å². The van der Waals surface area contributed by atoms with E-state index in [4.69, 9.17) is 34.8 Å². The summed E-state index contributed by atoms with van der Waals surface area (Å²) in [7, 11) is 0. The maximum absolute atomic E-state index is 6.25. The van der Waals surface area contributed by atoms with E-state index in [1.54, 1.807) is 23.5 Å². The molecule has 102 valence electrons. The van der Waals surface area contributed by atoms with Crippen molar-refractivity contribution in [3.8, 4) is 10.7 Å². The molecule has 0 atom stereocenters. The Morgan fingerprint density at radius 3 is 2.70 bits per heavy atom. The fourth-order valence-corrected chi connectivity index (χ4v) is 3.72. The first-order valence-corrected chi connectivity index (χ1v) is 8.00. The summed E-state index contributed by atoms with van der Waals surface area (Å²) in [6.07, 6.45) is 0.923. The molecule has 0 bridgehead atoms. The molecule has 0 fully saturated rings. The molecule has 6 heteroatoms. The van der Waals surface area contributed by atoms with Crippen LogP contribution in [0, 0.1) is 0 Å². The van der Waals surface area contributed by atoms with Gasteiger partial charge < -0.3 is 0 Å². The Morgan fingerprint density at radius 2 is 1.95 bits per heavy atom. The second-order valence-electron chi connectivity index (χ2n) is 4.25. The van der Waals surface area contributed by atoms with Gasteiger partial charge in [-0.3, -0.25) is 0 Å². The van der Waals surface area contributed by atoms with Gasteiger partial charge in [0, 0.05) is 10.4 Å². The third-order valence-corrected chi connectivity index (χ3v) is 4.75. The summed E-state index contributed by atoms with van der Waals surface area (Å²) in [5.74, 6) is 0.610. The largest absolute Gasteiger partial charge is 0.226 e. The molecule has 2 heterocycles. The number of hydrogen-bond acceptors (Lipinski definition) is 3. The van der Waals surface area contributed by atoms with Crippen molar-refractivity contribution in [2.45, 2.75) is 13.3 Å². The predicted octanol–water partition coefficient (Wildman–Crippen LogP) is 5.88. The molecule has 0 N–H and O–H groups in total. The number of aromatic nitrogens is 2. The maximum atomic E-state index is 6.25. The molecular formula is C14H9Cl3N2S. The number of fused-ring (bicyclic) bond motifs is 1. The highest BCUT2D eigenvalue weighted by Crippen LogP contribution is 2.34. The molecular weight excluding hydrogens is 335 g/mol. The lowest BCUT2D eigenvalue weighted by atomic mass is 10.2. The van der Waals surface area contributed by atoms with Crippen LogP contribution in [0.5, 0.6) is 0 Å². The Morgan fingerprint density at radius 1 is 1.15 bits per heavy atom. The van der Waals surface area contributed by atoms with Gasteiger partial charge in [-0.1, -0.05) is 41.7 Å². The van der Waals surface area contributed by atoms with Crippen LogP contribution in [0.1, 0.15) is 12.5 Å². The second-order valence-corrected chi connectivity index (χ2v) is 6.37. The molecule has 20 heavy (non-hydrogen) atoms. The summed E-state index contributed by atoms with van der Waals surface area (Å²) in [4.78, 5) is 9.96. The average molecular weight is 344 g/mol. The van der Waals surface area contributed by atoms with Crippen LogP contribution < -0.4 is 0 Å². The highest BCUT2D eigenvalue weighted by molar-refractivity contribution is 7.13. The number of rotatable bonds is 2. The van der Waals surface area contributed by atoms with Gasteiger partial charge in [0.15, 0.2) is 5.82 Å². The quantitative estimate of drug-likeness (QED) is 0.543. The lowest BCUT2D eigenvalue weighted by molar-refractivity contribution is 1.14. The molecule has 0 spiro atoms. The van der Waals surface area contributed by atoms with Crippen molar-refractivity contribution in [1.29, 1.82) is 0 Å². The summed E-state index contributed by atoms with van der Waals surface area (Å²) in [5, 5.41) is 4.06. The summed E-state index contributed by atoms with van der Waals surface area (Å²) in [6, 6.07) is 5.46. The van der Waals surface area contributed by atoms with Crippen molar-refractivity contribution in [2.24, 2.45) is 0 Å². The fraction of sp³-hybridized carbons (Fsp3) is 0.143. The zero-order valence-electron chi connectivity index (χ0n) is 10.5. The van der Waals surface area contributed by atoms with E-state index in [9.17, 15) is 0 Å². The summed E-state index contributed by atoms with van der Waals surface area (Å²) >= 11 is 20.1. The molecule has 0 radical (unpaired) electrons. The van der Waals surface area contributed by atoms with Gasteiger partial charge in [-0.25, -0.2) is 9.97 Å². The number of aryl methyl sites for hydroxylation is 1. The Bertz CT molecular complexity index is 798. The molecule has 0 aliphatic carbocycles. The normalized spacial score (nSPS) is 11.2. The maximum Gasteiger partial charge on any atom is 0.171 e. The number of benzene rings is 1. The molecule has 1 aromatic carbocycles. The molecule has 3 rings (SSSR count). The van der Waals surface area contributed by atoms with Crippen molar-refractivity contribution >= 4 is 57.0 Å². The molecule has 0 amide bonds. The average Bonchev–Trinajstić information content (AvgIpc) is 2.88. The van der Waals surface area contributed by atoms with Crippen LogP contribution in [0.15, 0.2) is 23.6 Å². The van der Waals surface area contributed by atoms with E-state index in [1.807, 2.05) is 5.38 Å². The first-order valence-electron chi connectivity index (χ1n) is 5.99. The summed E-state index contributed by atoms with van der Waals surface area (Å²) in [6.45, 7) is 2.10. The van der Waals surface area contributed by atoms with Crippen molar-refractivity contribution in [2.75, 3.05) is 0 Å². The molecule has 0 saturated carbocycles. The lowest BCUT2D eigenvalue weighted by Crippen LogP contribution is -1.93. The Kier molecular flexibility index (Phi) is 3.87. The Balaban J connectivity index is 2.30. The highest BCUT2D eigenvalue weighted by Gasteiger charge is 2.14. The topological polar surface area (TPSA) is 25.8 Å².